The molecular weight excluding hydrogens is 1010 g/mol. The van der Waals surface area contributed by atoms with Crippen molar-refractivity contribution in [2.45, 2.75) is 91.9 Å². The third-order valence-electron chi connectivity index (χ3n) is 13.2. The topological polar surface area (TPSA) is 33.5 Å². The zero-order valence-corrected chi connectivity index (χ0v) is 43.0. The van der Waals surface area contributed by atoms with Crippen molar-refractivity contribution in [2.75, 3.05) is 9.80 Å². The Hall–Kier alpha value is -6.42. The van der Waals surface area contributed by atoms with Crippen LogP contribution in [-0.4, -0.2) is 9.55 Å². The number of hydrogen-bond acceptors (Lipinski definition) is 4. The molecule has 0 atom stereocenters. The maximum absolute atomic E-state index is 7.03. The SMILES string of the molecule is CC(C)c1cccc(C(C)C)c1-c1cc(Oc2[c-]c3c(cc2)c2ccccc2n3-c2cc(C(C)(C)C)ccn2)[c-]c(N2[CH-]N(c3cc(-c4ccccc4)cc(C(C)(C)C)c3)c3ccccc32)c1.[Pt]. The molecule has 6 heteroatoms. The number of pyridine rings is 1. The molecular formula is C62H59N4OPt-3. The molecule has 0 aliphatic carbocycles. The summed E-state index contributed by atoms with van der Waals surface area (Å²) >= 11 is 0. The van der Waals surface area contributed by atoms with Crippen molar-refractivity contribution in [1.29, 1.82) is 0 Å². The first-order valence-corrected chi connectivity index (χ1v) is 23.7. The van der Waals surface area contributed by atoms with Crippen LogP contribution in [0.4, 0.5) is 22.7 Å². The zero-order valence-electron chi connectivity index (χ0n) is 40.8. The normalized spacial score (nSPS) is 12.9. The molecule has 1 aliphatic rings. The summed E-state index contributed by atoms with van der Waals surface area (Å²) in [6, 6.07) is 62.0. The third kappa shape index (κ3) is 8.78. The van der Waals surface area contributed by atoms with Crippen LogP contribution < -0.4 is 14.5 Å². The number of rotatable bonds is 9. The molecule has 0 unspecified atom stereocenters. The fourth-order valence-corrected chi connectivity index (χ4v) is 9.53. The van der Waals surface area contributed by atoms with Gasteiger partial charge in [-0.1, -0.05) is 160 Å². The number of benzene rings is 7. The molecule has 10 rings (SSSR count). The molecule has 0 saturated heterocycles. The Morgan fingerprint density at radius 1 is 0.544 bits per heavy atom. The van der Waals surface area contributed by atoms with Gasteiger partial charge in [-0.25, -0.2) is 4.98 Å². The molecule has 0 bridgehead atoms. The molecule has 0 fully saturated rings. The second kappa shape index (κ2) is 18.2. The van der Waals surface area contributed by atoms with Gasteiger partial charge in [0.2, 0.25) is 0 Å². The minimum Gasteiger partial charge on any atom is -0.509 e. The Morgan fingerprint density at radius 3 is 1.90 bits per heavy atom. The number of nitrogens with zero attached hydrogens (tertiary/aromatic N) is 4. The number of anilines is 4. The van der Waals surface area contributed by atoms with E-state index < -0.39 is 0 Å². The summed E-state index contributed by atoms with van der Waals surface area (Å²) in [4.78, 5) is 9.51. The summed E-state index contributed by atoms with van der Waals surface area (Å²) < 4.78 is 9.25. The minimum absolute atomic E-state index is 0. The first-order chi connectivity index (χ1) is 32.1. The average molecular weight is 1070 g/mol. The van der Waals surface area contributed by atoms with Gasteiger partial charge in [-0.2, -0.15) is 6.07 Å². The standard InChI is InChI=1S/C62H59N4O.Pt/c1-40(2)51-22-18-23-52(41(3)4)60(51)44-33-48(65-39-64(56-25-16-17-26-57(56)65)47-32-43(42-19-12-11-13-20-42)31-46(35-47)62(8,9)10)37-50(34-44)67-49-27-28-54-53-21-14-15-24-55(53)66(58(54)38-49)59-36-45(29-30-63-59)61(5,6)7;/h11-36,39-41H,1-10H3;/q-3;. The van der Waals surface area contributed by atoms with Gasteiger partial charge >= 0.3 is 0 Å². The second-order valence-electron chi connectivity index (χ2n) is 20.7. The quantitative estimate of drug-likeness (QED) is 0.135. The van der Waals surface area contributed by atoms with Gasteiger partial charge in [-0.05, 0) is 109 Å². The maximum atomic E-state index is 7.03. The number of ether oxygens (including phenoxy) is 1. The van der Waals surface area contributed by atoms with Gasteiger partial charge in [0.15, 0.2) is 0 Å². The Bertz CT molecular complexity index is 3270. The van der Waals surface area contributed by atoms with Crippen LogP contribution in [0.2, 0.25) is 0 Å². The first kappa shape index (κ1) is 46.7. The van der Waals surface area contributed by atoms with Crippen LogP contribution in [-0.2, 0) is 31.9 Å². The number of fused-ring (bicyclic) bond motifs is 4. The van der Waals surface area contributed by atoms with E-state index in [9.17, 15) is 0 Å². The van der Waals surface area contributed by atoms with E-state index in [0.29, 0.717) is 23.3 Å². The van der Waals surface area contributed by atoms with Crippen molar-refractivity contribution < 1.29 is 25.8 Å². The van der Waals surface area contributed by atoms with Crippen LogP contribution in [0.25, 0.3) is 49.9 Å². The minimum atomic E-state index is -0.0634. The number of aromatic nitrogens is 2. The van der Waals surface area contributed by atoms with E-state index in [1.165, 1.54) is 38.9 Å². The molecule has 0 N–H and O–H groups in total. The van der Waals surface area contributed by atoms with Crippen molar-refractivity contribution in [3.05, 3.63) is 199 Å². The van der Waals surface area contributed by atoms with E-state index in [0.717, 1.165) is 55.9 Å². The second-order valence-corrected chi connectivity index (χ2v) is 20.7. The van der Waals surface area contributed by atoms with E-state index in [2.05, 4.69) is 248 Å². The van der Waals surface area contributed by atoms with Crippen LogP contribution in [0.15, 0.2) is 158 Å². The van der Waals surface area contributed by atoms with Crippen LogP contribution in [0, 0.1) is 18.8 Å². The van der Waals surface area contributed by atoms with Crippen molar-refractivity contribution in [2.24, 2.45) is 0 Å². The Kier molecular flexibility index (Phi) is 12.5. The predicted octanol–water partition coefficient (Wildman–Crippen LogP) is 17.2. The van der Waals surface area contributed by atoms with Crippen molar-refractivity contribution in [3.8, 4) is 39.6 Å². The van der Waals surface area contributed by atoms with Crippen LogP contribution >= 0.6 is 0 Å². The van der Waals surface area contributed by atoms with E-state index in [1.807, 2.05) is 12.3 Å². The molecule has 68 heavy (non-hydrogen) atoms. The molecule has 0 saturated carbocycles. The van der Waals surface area contributed by atoms with Crippen molar-refractivity contribution in [3.63, 3.8) is 0 Å². The summed E-state index contributed by atoms with van der Waals surface area (Å²) in [5, 5.41) is 2.23. The van der Waals surface area contributed by atoms with Gasteiger partial charge in [-0.15, -0.1) is 53.6 Å². The Balaban J connectivity index is 0.00000578. The van der Waals surface area contributed by atoms with E-state index >= 15 is 0 Å². The van der Waals surface area contributed by atoms with Gasteiger partial charge in [-0.3, -0.25) is 0 Å². The molecule has 1 aliphatic heterocycles. The van der Waals surface area contributed by atoms with Gasteiger partial charge < -0.3 is 19.1 Å². The van der Waals surface area contributed by atoms with Crippen LogP contribution in [0.5, 0.6) is 11.5 Å². The number of para-hydroxylation sites is 3. The van der Waals surface area contributed by atoms with E-state index in [4.69, 9.17) is 9.72 Å². The summed E-state index contributed by atoms with van der Waals surface area (Å²) in [7, 11) is 0. The average Bonchev–Trinajstić information content (AvgIpc) is 3.87. The van der Waals surface area contributed by atoms with Gasteiger partial charge in [0.05, 0.1) is 0 Å². The monoisotopic (exact) mass is 1070 g/mol. The van der Waals surface area contributed by atoms with Crippen LogP contribution in [0.1, 0.15) is 103 Å². The maximum Gasteiger partial charge on any atom is 0.135 e. The fraction of sp³-hybridized carbons (Fsp3) is 0.226. The predicted molar refractivity (Wildman–Crippen MR) is 281 cm³/mol. The van der Waals surface area contributed by atoms with Gasteiger partial charge in [0.1, 0.15) is 5.82 Å². The fourth-order valence-electron chi connectivity index (χ4n) is 9.53. The molecule has 2 aromatic heterocycles. The van der Waals surface area contributed by atoms with Crippen molar-refractivity contribution in [1.82, 2.24) is 9.55 Å². The van der Waals surface area contributed by atoms with Crippen LogP contribution in [0.3, 0.4) is 0 Å². The Labute approximate surface area is 417 Å². The van der Waals surface area contributed by atoms with Gasteiger partial charge in [0.25, 0.3) is 0 Å². The third-order valence-corrected chi connectivity index (χ3v) is 13.2. The number of hydrogen-bond donors (Lipinski definition) is 0. The zero-order chi connectivity index (χ0) is 46.8. The summed E-state index contributed by atoms with van der Waals surface area (Å²) in [6.07, 6.45) is 1.91. The molecule has 0 spiro atoms. The largest absolute Gasteiger partial charge is 0.509 e. The molecule has 7 aromatic carbocycles. The molecule has 3 heterocycles. The first-order valence-electron chi connectivity index (χ1n) is 23.7. The summed E-state index contributed by atoms with van der Waals surface area (Å²) in [5.41, 5.74) is 15.8. The Morgan fingerprint density at radius 2 is 1.21 bits per heavy atom. The molecule has 346 valence electrons. The van der Waals surface area contributed by atoms with E-state index in [-0.39, 0.29) is 31.9 Å². The van der Waals surface area contributed by atoms with Crippen molar-refractivity contribution >= 4 is 44.6 Å². The molecule has 5 nitrogen and oxygen atoms in total. The smallest absolute Gasteiger partial charge is 0.135 e. The van der Waals surface area contributed by atoms with Gasteiger partial charge in [0, 0.05) is 61.3 Å². The van der Waals surface area contributed by atoms with E-state index in [1.54, 1.807) is 0 Å². The summed E-state index contributed by atoms with van der Waals surface area (Å²) in [6.45, 7) is 24.9. The summed E-state index contributed by atoms with van der Waals surface area (Å²) in [5.74, 6) is 2.67. The molecule has 0 amide bonds. The molecule has 0 radical (unpaired) electrons. The molecule has 9 aromatic rings.